The van der Waals surface area contributed by atoms with E-state index in [-0.39, 0.29) is 29.1 Å². The van der Waals surface area contributed by atoms with E-state index in [1.807, 2.05) is 45.1 Å². The maximum Gasteiger partial charge on any atom is 0.264 e. The van der Waals surface area contributed by atoms with Crippen LogP contribution in [-0.4, -0.2) is 50.5 Å². The Balaban J connectivity index is 1.42. The number of allylic oxidation sites excluding steroid dienone is 1. The van der Waals surface area contributed by atoms with Crippen molar-refractivity contribution in [3.63, 3.8) is 0 Å². The summed E-state index contributed by atoms with van der Waals surface area (Å²) >= 11 is 6.40. The van der Waals surface area contributed by atoms with Crippen molar-refractivity contribution in [1.29, 1.82) is 0 Å². The Morgan fingerprint density at radius 1 is 1.18 bits per heavy atom. The van der Waals surface area contributed by atoms with Gasteiger partial charge in [0.1, 0.15) is 5.75 Å². The van der Waals surface area contributed by atoms with Gasteiger partial charge in [0.15, 0.2) is 0 Å². The summed E-state index contributed by atoms with van der Waals surface area (Å²) in [4.78, 5) is 15.9. The van der Waals surface area contributed by atoms with Crippen molar-refractivity contribution in [3.8, 4) is 5.75 Å². The number of aliphatic hydroxyl groups excluding tert-OH is 1. The van der Waals surface area contributed by atoms with E-state index < -0.39 is 27.3 Å². The van der Waals surface area contributed by atoms with Crippen LogP contribution in [0.3, 0.4) is 0 Å². The second kappa shape index (κ2) is 12.3. The van der Waals surface area contributed by atoms with Crippen molar-refractivity contribution >= 4 is 33.2 Å². The molecule has 0 unspecified atom stereocenters. The lowest BCUT2D eigenvalue weighted by Crippen LogP contribution is -2.49. The second-order valence-corrected chi connectivity index (χ2v) is 16.4. The van der Waals surface area contributed by atoms with Gasteiger partial charge in [-0.1, -0.05) is 50.6 Å². The number of nitrogens with one attached hydrogen (secondary N) is 1. The molecule has 2 heterocycles. The number of anilines is 1. The van der Waals surface area contributed by atoms with Gasteiger partial charge in [-0.05, 0) is 110 Å². The molecule has 2 N–H and O–H groups in total. The van der Waals surface area contributed by atoms with Gasteiger partial charge in [0.25, 0.3) is 5.91 Å². The predicted octanol–water partition coefficient (Wildman–Crippen LogP) is 6.27. The van der Waals surface area contributed by atoms with Crippen LogP contribution in [-0.2, 0) is 21.9 Å². The monoisotopic (exact) mass is 640 g/mol. The summed E-state index contributed by atoms with van der Waals surface area (Å²) in [6, 6.07) is 11.4. The van der Waals surface area contributed by atoms with Crippen molar-refractivity contribution in [2.75, 3.05) is 24.6 Å². The maximum absolute atomic E-state index is 13.7. The first-order valence-corrected chi connectivity index (χ1v) is 18.1. The first-order chi connectivity index (χ1) is 21.0. The Morgan fingerprint density at radius 3 is 2.75 bits per heavy atom. The fourth-order valence-corrected chi connectivity index (χ4v) is 10.0. The molecule has 2 aromatic carbocycles. The lowest BCUT2D eigenvalue weighted by molar-refractivity contribution is 0.0455. The molecular formula is C35H45ClN2O5S. The largest absolute Gasteiger partial charge is 0.490 e. The zero-order chi connectivity index (χ0) is 31.2. The number of halogens is 1. The number of aryl methyl sites for hydroxylation is 1. The molecule has 7 nitrogen and oxygen atoms in total. The third kappa shape index (κ3) is 6.14. The molecular weight excluding hydrogens is 596 g/mol. The number of amides is 1. The number of carbonyl (C=O) groups excluding carboxylic acids is 1. The van der Waals surface area contributed by atoms with Crippen molar-refractivity contribution in [2.45, 2.75) is 82.5 Å². The molecule has 0 saturated heterocycles. The number of nitrogens with zero attached hydrogens (tertiary/aromatic N) is 1. The molecule has 0 radical (unpaired) electrons. The van der Waals surface area contributed by atoms with Gasteiger partial charge in [0, 0.05) is 29.1 Å². The minimum atomic E-state index is -3.97. The zero-order valence-electron chi connectivity index (χ0n) is 26.0. The summed E-state index contributed by atoms with van der Waals surface area (Å²) in [5.41, 5.74) is 3.34. The minimum absolute atomic E-state index is 0.122. The number of ether oxygens (including phenoxy) is 1. The Bertz CT molecular complexity index is 1540. The normalized spacial score (nSPS) is 32.5. The van der Waals surface area contributed by atoms with Gasteiger partial charge >= 0.3 is 0 Å². The van der Waals surface area contributed by atoms with Gasteiger partial charge in [-0.3, -0.25) is 4.79 Å². The highest BCUT2D eigenvalue weighted by atomic mass is 35.5. The highest BCUT2D eigenvalue weighted by molar-refractivity contribution is 7.90. The summed E-state index contributed by atoms with van der Waals surface area (Å²) in [6.07, 6.45) is 9.08. The molecule has 1 saturated carbocycles. The third-order valence-corrected chi connectivity index (χ3v) is 12.6. The van der Waals surface area contributed by atoms with E-state index in [9.17, 15) is 18.3 Å². The van der Waals surface area contributed by atoms with Crippen molar-refractivity contribution in [3.05, 3.63) is 70.3 Å². The van der Waals surface area contributed by atoms with Gasteiger partial charge in [-0.2, -0.15) is 0 Å². The molecule has 0 aromatic heterocycles. The molecule has 1 amide bonds. The summed E-state index contributed by atoms with van der Waals surface area (Å²) in [7, 11) is -3.97. The average molecular weight is 641 g/mol. The Morgan fingerprint density at radius 2 is 2.00 bits per heavy atom. The van der Waals surface area contributed by atoms with E-state index in [1.54, 1.807) is 12.1 Å². The molecule has 1 fully saturated rings. The summed E-state index contributed by atoms with van der Waals surface area (Å²) in [5.74, 6) is 0.379. The molecule has 6 atom stereocenters. The van der Waals surface area contributed by atoms with Gasteiger partial charge in [0.05, 0.1) is 23.6 Å². The third-order valence-electron chi connectivity index (χ3n) is 10.5. The summed E-state index contributed by atoms with van der Waals surface area (Å²) in [6.45, 7) is 7.81. The molecule has 1 spiro atoms. The predicted molar refractivity (Wildman–Crippen MR) is 175 cm³/mol. The van der Waals surface area contributed by atoms with Gasteiger partial charge in [-0.15, -0.1) is 0 Å². The molecule has 2 aromatic rings. The molecule has 4 aliphatic rings. The first kappa shape index (κ1) is 31.4. The van der Waals surface area contributed by atoms with Gasteiger partial charge in [-0.25, -0.2) is 13.1 Å². The van der Waals surface area contributed by atoms with Gasteiger partial charge in [0.2, 0.25) is 10.0 Å². The molecule has 2 bridgehead atoms. The fourth-order valence-electron chi connectivity index (χ4n) is 7.93. The lowest BCUT2D eigenvalue weighted by Gasteiger charge is -2.45. The van der Waals surface area contributed by atoms with Crippen LogP contribution in [0.25, 0.3) is 0 Å². The fraction of sp³-hybridized carbons (Fsp3) is 0.571. The number of carbonyl (C=O) groups is 1. The van der Waals surface area contributed by atoms with E-state index in [0.717, 1.165) is 42.8 Å². The zero-order valence-corrected chi connectivity index (χ0v) is 27.5. The molecule has 2 aliphatic heterocycles. The van der Waals surface area contributed by atoms with Crippen LogP contribution in [0.1, 0.15) is 80.8 Å². The molecule has 238 valence electrons. The number of benzene rings is 2. The van der Waals surface area contributed by atoms with Crippen LogP contribution in [0.2, 0.25) is 5.02 Å². The number of rotatable bonds is 2. The van der Waals surface area contributed by atoms with E-state index in [2.05, 4.69) is 21.8 Å². The van der Waals surface area contributed by atoms with E-state index in [4.69, 9.17) is 16.3 Å². The highest BCUT2D eigenvalue weighted by Crippen LogP contribution is 2.46. The molecule has 9 heteroatoms. The average Bonchev–Trinajstić information content (AvgIpc) is 3.10. The number of hydrogen-bond donors (Lipinski definition) is 2. The van der Waals surface area contributed by atoms with Crippen LogP contribution in [0.5, 0.6) is 5.75 Å². The molecule has 2 aliphatic carbocycles. The Labute approximate surface area is 267 Å². The quantitative estimate of drug-likeness (QED) is 0.376. The standard InChI is InChI=1S/C35H45ClN2O5S/c1-22(2)16-33-23(3)6-4-8-31(39)28-12-9-26(28)19-38-20-35(15-5-7-24-17-27(36)11-13-29(24)35)21-43-32-14-10-25(18-30(32)38)34(40)37-44(33,41)42/h4,8,10-11,13-14,17-18,22-23,26,28,31,33,39H,5-7,9,12,15-16,19-21H2,1-3H3,(H,37,40)/b8-4-/t23-,26-,28+,31-,33+,35-/m0/s1. The summed E-state index contributed by atoms with van der Waals surface area (Å²) in [5, 5.41) is 11.2. The van der Waals surface area contributed by atoms with E-state index in [0.29, 0.717) is 43.9 Å². The highest BCUT2D eigenvalue weighted by Gasteiger charge is 2.44. The van der Waals surface area contributed by atoms with Crippen LogP contribution < -0.4 is 14.4 Å². The Kier molecular flexibility index (Phi) is 8.81. The minimum Gasteiger partial charge on any atom is -0.490 e. The van der Waals surface area contributed by atoms with Crippen LogP contribution in [0.15, 0.2) is 48.6 Å². The molecule has 44 heavy (non-hydrogen) atoms. The van der Waals surface area contributed by atoms with Crippen LogP contribution >= 0.6 is 11.6 Å². The van der Waals surface area contributed by atoms with Crippen molar-refractivity contribution in [1.82, 2.24) is 4.72 Å². The van der Waals surface area contributed by atoms with E-state index in [1.165, 1.54) is 11.1 Å². The number of fused-ring (bicyclic) bond motifs is 4. The molecule has 6 rings (SSSR count). The second-order valence-electron chi connectivity index (χ2n) is 14.1. The topological polar surface area (TPSA) is 95.9 Å². The lowest BCUT2D eigenvalue weighted by atomic mass is 9.68. The van der Waals surface area contributed by atoms with Crippen LogP contribution in [0, 0.1) is 23.7 Å². The first-order valence-electron chi connectivity index (χ1n) is 16.2. The van der Waals surface area contributed by atoms with Crippen LogP contribution in [0.4, 0.5) is 5.69 Å². The number of aliphatic hydroxyl groups is 1. The number of hydrogen-bond acceptors (Lipinski definition) is 6. The van der Waals surface area contributed by atoms with Gasteiger partial charge < -0.3 is 14.7 Å². The van der Waals surface area contributed by atoms with Crippen molar-refractivity contribution < 1.29 is 23.1 Å². The number of sulfonamides is 1. The van der Waals surface area contributed by atoms with Crippen molar-refractivity contribution in [2.24, 2.45) is 23.7 Å². The maximum atomic E-state index is 13.7. The van der Waals surface area contributed by atoms with E-state index >= 15 is 0 Å². The summed E-state index contributed by atoms with van der Waals surface area (Å²) < 4.78 is 36.3. The SMILES string of the molecule is CC(C)C[C@@H]1[C@@H](C)C/C=C\[C@H](O)[C@@H]2CC[C@H]2CN2C[C@@]3(CCCc4cc(Cl)ccc43)COc3ccc(cc32)C(=O)NS1(=O)=O. The Hall–Kier alpha value is -2.55. The smallest absolute Gasteiger partial charge is 0.264 e.